The molecule has 2 heterocycles. The van der Waals surface area contributed by atoms with Crippen LogP contribution in [0.3, 0.4) is 0 Å². The fourth-order valence-corrected chi connectivity index (χ4v) is 28.3. The minimum absolute atomic E-state index is 0.106. The summed E-state index contributed by atoms with van der Waals surface area (Å²) in [5.74, 6) is 0. The summed E-state index contributed by atoms with van der Waals surface area (Å²) in [5, 5.41) is 8.68. The van der Waals surface area contributed by atoms with E-state index in [1.807, 2.05) is 24.3 Å². The standard InChI is InChI=1S/C112H85BN2Si2/c1-112(2,3)92-51-35-48-85(70-92)91-77-109-111-110(78-91)115(106-65-34-32-63-102(106)84-46-21-8-22-47-84)108-76-89(66-68-103(108)113(111)104-75-88(82-42-17-6-18-43-82)67-69-107(104)114(109)105-64-33-31-62-101(105)83-44-19-7-20-45-83)90-73-99(116(93-52-23-9-24-53-93,94-54-25-10-26-55-94)97-60-36-49-86(71-97)80-38-13-4-14-39-80)79-100(74-90)117(95-56-27-11-28-57-95,96-58-29-12-30-59-96)98-61-37-50-87(72-98)81-40-15-5-16-41-81/h4-79H,1-3H3/i4D,6D,13D,14D,17D,18D,38D,39D,42D,43D. The van der Waals surface area contributed by atoms with Gasteiger partial charge in [0.1, 0.15) is 0 Å². The lowest BCUT2D eigenvalue weighted by atomic mass is 9.33. The molecular weight excluding hydrogens is 1440 g/mol. The molecular formula is C112H85BN2Si2. The van der Waals surface area contributed by atoms with Crippen molar-refractivity contribution in [2.45, 2.75) is 26.2 Å². The lowest BCUT2D eigenvalue weighted by Crippen LogP contribution is -2.78. The highest BCUT2D eigenvalue weighted by atomic mass is 28.3. The molecule has 18 aromatic rings. The van der Waals surface area contributed by atoms with E-state index in [0.717, 1.165) is 148 Å². The SMILES string of the molecule is [2H]c1c([2H])c([2H])c(-c2cccc([Si](c3ccccc3)(c3ccccc3)c3cc(-c4ccc5c(c4)N(c4ccccc4-c4ccccc4)c4cc(-c6cccc(C(C)(C)C)c6)cc6c4B5c4cc(-c5c([2H])c([2H])c([2H])c([2H])c5[2H])ccc4N6c4ccccc4-c4ccccc4)cc([Si](c4ccccc4)(c4ccccc4)c4cccc(-c5ccccc5)c4)c3)c2)c([2H])c1[2H]. The van der Waals surface area contributed by atoms with Crippen LogP contribution in [0.4, 0.5) is 34.1 Å². The van der Waals surface area contributed by atoms with E-state index in [4.69, 9.17) is 5.48 Å². The lowest BCUT2D eigenvalue weighted by Gasteiger charge is -2.45. The zero-order valence-corrected chi connectivity index (χ0v) is 67.1. The van der Waals surface area contributed by atoms with Crippen molar-refractivity contribution in [2.24, 2.45) is 0 Å². The van der Waals surface area contributed by atoms with Gasteiger partial charge in [0, 0.05) is 33.9 Å². The van der Waals surface area contributed by atoms with Crippen LogP contribution >= 0.6 is 0 Å². The molecule has 20 rings (SSSR count). The molecule has 117 heavy (non-hydrogen) atoms. The van der Waals surface area contributed by atoms with Crippen molar-refractivity contribution >= 4 is 115 Å². The highest BCUT2D eigenvalue weighted by Gasteiger charge is 2.49. The van der Waals surface area contributed by atoms with Crippen molar-refractivity contribution in [1.29, 1.82) is 0 Å². The highest BCUT2D eigenvalue weighted by molar-refractivity contribution is 7.22. The maximum atomic E-state index is 9.67. The van der Waals surface area contributed by atoms with Gasteiger partial charge in [0.15, 0.2) is 16.1 Å². The number of benzene rings is 18. The summed E-state index contributed by atoms with van der Waals surface area (Å²) in [5.41, 5.74) is 20.5. The molecule has 0 saturated heterocycles. The molecule has 0 saturated carbocycles. The zero-order chi connectivity index (χ0) is 87.1. The first-order valence-corrected chi connectivity index (χ1v) is 44.1. The zero-order valence-electron chi connectivity index (χ0n) is 75.1. The van der Waals surface area contributed by atoms with Crippen LogP contribution in [0.15, 0.2) is 461 Å². The summed E-state index contributed by atoms with van der Waals surface area (Å²) in [4.78, 5) is 4.91. The molecule has 0 atom stereocenters. The molecule has 2 nitrogen and oxygen atoms in total. The van der Waals surface area contributed by atoms with Gasteiger partial charge in [-0.2, -0.15) is 0 Å². The Morgan fingerprint density at radius 1 is 0.222 bits per heavy atom. The molecule has 0 bridgehead atoms. The minimum Gasteiger partial charge on any atom is -0.311 e. The molecule has 0 amide bonds. The molecule has 5 heteroatoms. The topological polar surface area (TPSA) is 6.48 Å². The summed E-state index contributed by atoms with van der Waals surface area (Å²) in [6, 6.07) is 141. The predicted molar refractivity (Wildman–Crippen MR) is 504 cm³/mol. The van der Waals surface area contributed by atoms with Crippen LogP contribution < -0.4 is 67.7 Å². The Balaban J connectivity index is 0.953. The Kier molecular flexibility index (Phi) is 16.0. The van der Waals surface area contributed by atoms with E-state index in [1.165, 1.54) is 5.56 Å². The number of rotatable bonds is 17. The molecule has 2 aliphatic heterocycles. The van der Waals surface area contributed by atoms with E-state index in [0.29, 0.717) is 11.1 Å². The van der Waals surface area contributed by atoms with Crippen molar-refractivity contribution in [3.63, 3.8) is 0 Å². The highest BCUT2D eigenvalue weighted by Crippen LogP contribution is 2.51. The fourth-order valence-electron chi connectivity index (χ4n) is 18.5. The second-order valence-corrected chi connectivity index (χ2v) is 39.1. The molecule has 18 aromatic carbocycles. The Hall–Kier alpha value is -13.9. The summed E-state index contributed by atoms with van der Waals surface area (Å²) in [6.07, 6.45) is 0. The van der Waals surface area contributed by atoms with E-state index in [1.54, 1.807) is 0 Å². The van der Waals surface area contributed by atoms with Gasteiger partial charge < -0.3 is 9.80 Å². The Bertz CT molecular complexity index is 7190. The number of para-hydroxylation sites is 2. The fraction of sp³-hybridized carbons (Fsp3) is 0.0357. The van der Waals surface area contributed by atoms with Gasteiger partial charge in [-0.15, -0.1) is 0 Å². The molecule has 0 unspecified atom stereocenters. The van der Waals surface area contributed by atoms with E-state index in [-0.39, 0.29) is 40.7 Å². The lowest BCUT2D eigenvalue weighted by molar-refractivity contribution is 0.590. The molecule has 0 N–H and O–H groups in total. The van der Waals surface area contributed by atoms with E-state index < -0.39 is 59.1 Å². The van der Waals surface area contributed by atoms with Crippen molar-refractivity contribution in [2.75, 3.05) is 9.80 Å². The first kappa shape index (κ1) is 61.6. The van der Waals surface area contributed by atoms with Crippen LogP contribution in [0.5, 0.6) is 0 Å². The van der Waals surface area contributed by atoms with Crippen LogP contribution in [-0.2, 0) is 5.41 Å². The number of fused-ring (bicyclic) bond motifs is 4. The Morgan fingerprint density at radius 2 is 0.564 bits per heavy atom. The molecule has 0 spiro atoms. The molecule has 2 aliphatic rings. The predicted octanol–water partition coefficient (Wildman–Crippen LogP) is 21.5. The molecule has 0 aliphatic carbocycles. The van der Waals surface area contributed by atoms with E-state index >= 15 is 0 Å². The van der Waals surface area contributed by atoms with Gasteiger partial charge in [-0.3, -0.25) is 0 Å². The molecule has 554 valence electrons. The number of hydrogen-bond acceptors (Lipinski definition) is 2. The summed E-state index contributed by atoms with van der Waals surface area (Å²) < 4.78 is 92.7. The van der Waals surface area contributed by atoms with Crippen LogP contribution in [0.1, 0.15) is 40.0 Å². The minimum atomic E-state index is -3.89. The van der Waals surface area contributed by atoms with Gasteiger partial charge in [0.25, 0.3) is 6.71 Å². The van der Waals surface area contributed by atoms with Crippen molar-refractivity contribution in [1.82, 2.24) is 0 Å². The molecule has 0 radical (unpaired) electrons. The first-order chi connectivity index (χ1) is 61.8. The summed E-state index contributed by atoms with van der Waals surface area (Å²) >= 11 is 0. The quantitative estimate of drug-likeness (QED) is 0.0662. The Morgan fingerprint density at radius 3 is 1.03 bits per heavy atom. The molecule has 0 fully saturated rings. The second-order valence-electron chi connectivity index (χ2n) is 31.5. The smallest absolute Gasteiger partial charge is 0.252 e. The van der Waals surface area contributed by atoms with Crippen LogP contribution in [-0.4, -0.2) is 22.9 Å². The first-order valence-electron chi connectivity index (χ1n) is 45.1. The average Bonchev–Trinajstić information content (AvgIpc) is 0.687. The maximum absolute atomic E-state index is 9.67. The van der Waals surface area contributed by atoms with Crippen LogP contribution in [0.2, 0.25) is 0 Å². The largest absolute Gasteiger partial charge is 0.311 e. The number of anilines is 6. The summed E-state index contributed by atoms with van der Waals surface area (Å²) in [7, 11) is -7.60. The number of hydrogen-bond donors (Lipinski definition) is 0. The number of nitrogens with zero attached hydrogens (tertiary/aromatic N) is 2. The van der Waals surface area contributed by atoms with Gasteiger partial charge in [-0.1, -0.05) is 445 Å². The van der Waals surface area contributed by atoms with Gasteiger partial charge in [-0.05, 0) is 172 Å². The van der Waals surface area contributed by atoms with Gasteiger partial charge in [0.05, 0.1) is 25.1 Å². The van der Waals surface area contributed by atoms with Gasteiger partial charge in [0.2, 0.25) is 0 Å². The van der Waals surface area contributed by atoms with Gasteiger partial charge >= 0.3 is 0 Å². The third-order valence-electron chi connectivity index (χ3n) is 23.8. The van der Waals surface area contributed by atoms with Crippen molar-refractivity contribution in [3.8, 4) is 77.9 Å². The van der Waals surface area contributed by atoms with Gasteiger partial charge in [-0.25, -0.2) is 0 Å². The van der Waals surface area contributed by atoms with Crippen LogP contribution in [0, 0.1) is 0 Å². The molecule has 0 aromatic heterocycles. The normalized spacial score (nSPS) is 13.5. The van der Waals surface area contributed by atoms with Crippen molar-refractivity contribution in [3.05, 3.63) is 466 Å². The summed E-state index contributed by atoms with van der Waals surface area (Å²) in [6.45, 7) is 6.19. The van der Waals surface area contributed by atoms with Crippen molar-refractivity contribution < 1.29 is 13.7 Å². The van der Waals surface area contributed by atoms with Crippen LogP contribution in [0.25, 0.3) is 77.9 Å². The third-order valence-corrected chi connectivity index (χ3v) is 33.3. The maximum Gasteiger partial charge on any atom is 0.252 e. The Labute approximate surface area is 704 Å². The third kappa shape index (κ3) is 12.8. The van der Waals surface area contributed by atoms with E-state index in [9.17, 15) is 8.22 Å². The monoisotopic (exact) mass is 1530 g/mol. The van der Waals surface area contributed by atoms with E-state index in [2.05, 4.69) is 407 Å². The average molecular weight is 1540 g/mol. The second kappa shape index (κ2) is 30.4.